The molecule has 128 valence electrons. The molecule has 0 aliphatic heterocycles. The molecule has 0 saturated carbocycles. The van der Waals surface area contributed by atoms with Gasteiger partial charge in [-0.15, -0.1) is 0 Å². The Morgan fingerprint density at radius 2 is 1.92 bits per heavy atom. The zero-order chi connectivity index (χ0) is 17.8. The van der Waals surface area contributed by atoms with Gasteiger partial charge in [0, 0.05) is 23.7 Å². The summed E-state index contributed by atoms with van der Waals surface area (Å²) in [4.78, 5) is 12.7. The normalized spacial score (nSPS) is 13.4. The fraction of sp³-hybridized carbons (Fsp3) is 0.238. The van der Waals surface area contributed by atoms with Crippen LogP contribution in [0.3, 0.4) is 0 Å². The van der Waals surface area contributed by atoms with E-state index in [0.717, 1.165) is 22.3 Å². The van der Waals surface area contributed by atoms with Gasteiger partial charge in [0.1, 0.15) is 0 Å². The second-order valence-electron chi connectivity index (χ2n) is 6.40. The van der Waals surface area contributed by atoms with E-state index in [-0.39, 0.29) is 11.7 Å². The zero-order valence-corrected chi connectivity index (χ0v) is 14.4. The van der Waals surface area contributed by atoms with Gasteiger partial charge in [-0.2, -0.15) is 5.10 Å². The van der Waals surface area contributed by atoms with E-state index < -0.39 is 6.10 Å². The molecule has 1 unspecified atom stereocenters. The second-order valence-corrected chi connectivity index (χ2v) is 6.40. The summed E-state index contributed by atoms with van der Waals surface area (Å²) in [6.07, 6.45) is 3.26. The number of aromatic nitrogens is 2. The third-order valence-electron chi connectivity index (χ3n) is 4.49. The predicted octanol–water partition coefficient (Wildman–Crippen LogP) is 4.51. The van der Waals surface area contributed by atoms with Crippen LogP contribution in [0.1, 0.15) is 53.8 Å². The number of hydrogen-bond acceptors (Lipinski definition) is 3. The van der Waals surface area contributed by atoms with Gasteiger partial charge in [0.25, 0.3) is 0 Å². The largest absolute Gasteiger partial charge is 0.389 e. The van der Waals surface area contributed by atoms with Gasteiger partial charge in [0.2, 0.25) is 0 Å². The quantitative estimate of drug-likeness (QED) is 0.652. The number of H-pyrrole nitrogens is 1. The number of ketones is 1. The fourth-order valence-electron chi connectivity index (χ4n) is 3.04. The summed E-state index contributed by atoms with van der Waals surface area (Å²) in [5, 5.41) is 16.9. The first kappa shape index (κ1) is 17.1. The highest BCUT2D eigenvalue weighted by Crippen LogP contribution is 2.30. The first-order valence-electron chi connectivity index (χ1n) is 8.45. The lowest BCUT2D eigenvalue weighted by molar-refractivity contribution is 0.0975. The molecule has 2 N–H and O–H groups in total. The van der Waals surface area contributed by atoms with Crippen molar-refractivity contribution in [3.8, 4) is 11.1 Å². The van der Waals surface area contributed by atoms with Crippen LogP contribution in [0.5, 0.6) is 0 Å². The number of aliphatic hydroxyl groups is 1. The van der Waals surface area contributed by atoms with E-state index in [0.29, 0.717) is 12.0 Å². The highest BCUT2D eigenvalue weighted by atomic mass is 16.3. The number of hydrogen-bond donors (Lipinski definition) is 2. The maximum absolute atomic E-state index is 12.7. The van der Waals surface area contributed by atoms with E-state index in [4.69, 9.17) is 0 Å². The Morgan fingerprint density at radius 3 is 2.56 bits per heavy atom. The standard InChI is InChI=1S/C21H22N2O2/c1-14(16-6-4-3-5-7-16)10-21(25)17-8-9-19(18-12-22-23-13-18)20(11-17)15(2)24/h3-9,11-15,24H,10H2,1-2H3,(H,22,23)/t14-,15?/m0/s1. The van der Waals surface area contributed by atoms with Gasteiger partial charge in [-0.25, -0.2) is 0 Å². The lowest BCUT2D eigenvalue weighted by Gasteiger charge is -2.15. The van der Waals surface area contributed by atoms with E-state index in [9.17, 15) is 9.90 Å². The summed E-state index contributed by atoms with van der Waals surface area (Å²) in [7, 11) is 0. The number of carbonyl (C=O) groups is 1. The molecule has 0 spiro atoms. The van der Waals surface area contributed by atoms with Crippen molar-refractivity contribution in [1.82, 2.24) is 10.2 Å². The topological polar surface area (TPSA) is 66.0 Å². The van der Waals surface area contributed by atoms with Crippen molar-refractivity contribution in [3.05, 3.63) is 77.6 Å². The fourth-order valence-corrected chi connectivity index (χ4v) is 3.04. The van der Waals surface area contributed by atoms with Crippen LogP contribution in [0.25, 0.3) is 11.1 Å². The van der Waals surface area contributed by atoms with Gasteiger partial charge >= 0.3 is 0 Å². The molecule has 25 heavy (non-hydrogen) atoms. The number of nitrogens with zero attached hydrogens (tertiary/aromatic N) is 1. The van der Waals surface area contributed by atoms with Gasteiger partial charge < -0.3 is 5.11 Å². The maximum Gasteiger partial charge on any atom is 0.163 e. The molecule has 0 fully saturated rings. The minimum atomic E-state index is -0.663. The Balaban J connectivity index is 1.85. The lowest BCUT2D eigenvalue weighted by atomic mass is 9.90. The number of benzene rings is 2. The van der Waals surface area contributed by atoms with Crippen molar-refractivity contribution in [2.75, 3.05) is 0 Å². The van der Waals surface area contributed by atoms with E-state index in [2.05, 4.69) is 17.1 Å². The summed E-state index contributed by atoms with van der Waals surface area (Å²) in [6, 6.07) is 15.5. The molecule has 2 aromatic carbocycles. The molecular formula is C21H22N2O2. The van der Waals surface area contributed by atoms with Crippen LogP contribution in [0.15, 0.2) is 60.9 Å². The molecule has 4 heteroatoms. The van der Waals surface area contributed by atoms with Crippen molar-refractivity contribution in [1.29, 1.82) is 0 Å². The number of nitrogens with one attached hydrogen (secondary N) is 1. The van der Waals surface area contributed by atoms with E-state index >= 15 is 0 Å². The number of rotatable bonds is 6. The van der Waals surface area contributed by atoms with Crippen LogP contribution >= 0.6 is 0 Å². The Morgan fingerprint density at radius 1 is 1.16 bits per heavy atom. The second kappa shape index (κ2) is 7.45. The first-order valence-corrected chi connectivity index (χ1v) is 8.45. The summed E-state index contributed by atoms with van der Waals surface area (Å²) < 4.78 is 0. The highest BCUT2D eigenvalue weighted by Gasteiger charge is 2.17. The zero-order valence-electron chi connectivity index (χ0n) is 14.4. The monoisotopic (exact) mass is 334 g/mol. The van der Waals surface area contributed by atoms with Gasteiger partial charge in [-0.3, -0.25) is 9.89 Å². The molecule has 0 aliphatic rings. The molecule has 4 nitrogen and oxygen atoms in total. The van der Waals surface area contributed by atoms with Crippen molar-refractivity contribution in [2.45, 2.75) is 32.3 Å². The molecule has 0 bridgehead atoms. The van der Waals surface area contributed by atoms with Crippen molar-refractivity contribution in [3.63, 3.8) is 0 Å². The van der Waals surface area contributed by atoms with Crippen LogP contribution in [0, 0.1) is 0 Å². The Hall–Kier alpha value is -2.72. The van der Waals surface area contributed by atoms with Crippen LogP contribution in [-0.2, 0) is 0 Å². The molecule has 2 atom stereocenters. The molecule has 0 amide bonds. The Bertz CT molecular complexity index is 840. The van der Waals surface area contributed by atoms with Gasteiger partial charge in [0.05, 0.1) is 12.3 Å². The molecule has 0 radical (unpaired) electrons. The van der Waals surface area contributed by atoms with Gasteiger partial charge in [-0.05, 0) is 35.6 Å². The molecular weight excluding hydrogens is 312 g/mol. The maximum atomic E-state index is 12.7. The Kier molecular flexibility index (Phi) is 5.10. The van der Waals surface area contributed by atoms with E-state index in [1.165, 1.54) is 0 Å². The average molecular weight is 334 g/mol. The smallest absolute Gasteiger partial charge is 0.163 e. The van der Waals surface area contributed by atoms with Crippen LogP contribution < -0.4 is 0 Å². The molecule has 3 aromatic rings. The third-order valence-corrected chi connectivity index (χ3v) is 4.49. The highest BCUT2D eigenvalue weighted by molar-refractivity contribution is 5.97. The molecule has 0 aliphatic carbocycles. The number of aliphatic hydroxyl groups excluding tert-OH is 1. The van der Waals surface area contributed by atoms with Crippen LogP contribution in [0.4, 0.5) is 0 Å². The lowest BCUT2D eigenvalue weighted by Crippen LogP contribution is -2.07. The van der Waals surface area contributed by atoms with E-state index in [1.54, 1.807) is 25.4 Å². The molecule has 3 rings (SSSR count). The summed E-state index contributed by atoms with van der Waals surface area (Å²) in [5.74, 6) is 0.231. The molecule has 1 aromatic heterocycles. The van der Waals surface area contributed by atoms with Crippen molar-refractivity contribution < 1.29 is 9.90 Å². The summed E-state index contributed by atoms with van der Waals surface area (Å²) in [6.45, 7) is 3.77. The number of Topliss-reactive ketones (excluding diaryl/α,β-unsaturated/α-hetero) is 1. The first-order chi connectivity index (χ1) is 12.1. The van der Waals surface area contributed by atoms with Crippen LogP contribution in [-0.4, -0.2) is 21.1 Å². The number of aromatic amines is 1. The third kappa shape index (κ3) is 3.86. The average Bonchev–Trinajstić information content (AvgIpc) is 3.16. The molecule has 0 saturated heterocycles. The Labute approximate surface area is 147 Å². The van der Waals surface area contributed by atoms with Crippen molar-refractivity contribution in [2.24, 2.45) is 0 Å². The minimum absolute atomic E-state index is 0.0806. The van der Waals surface area contributed by atoms with E-state index in [1.807, 2.05) is 42.5 Å². The predicted molar refractivity (Wildman–Crippen MR) is 98.5 cm³/mol. The van der Waals surface area contributed by atoms with Crippen LogP contribution in [0.2, 0.25) is 0 Å². The number of carbonyl (C=O) groups excluding carboxylic acids is 1. The minimum Gasteiger partial charge on any atom is -0.389 e. The summed E-state index contributed by atoms with van der Waals surface area (Å²) in [5.41, 5.74) is 4.30. The van der Waals surface area contributed by atoms with Gasteiger partial charge in [-0.1, -0.05) is 49.4 Å². The summed E-state index contributed by atoms with van der Waals surface area (Å²) >= 11 is 0. The van der Waals surface area contributed by atoms with Crippen molar-refractivity contribution >= 4 is 5.78 Å². The SMILES string of the molecule is CC(O)c1cc(C(=O)C[C@H](C)c2ccccc2)ccc1-c1cn[nH]c1. The van der Waals surface area contributed by atoms with Gasteiger partial charge in [0.15, 0.2) is 5.78 Å². The molecule has 1 heterocycles.